The molecule has 4 aromatic rings. The minimum Gasteiger partial charge on any atom is -0.494 e. The number of methoxy groups -OCH3 is 1. The summed E-state index contributed by atoms with van der Waals surface area (Å²) >= 11 is 6.03. The molecule has 0 radical (unpaired) electrons. The first kappa shape index (κ1) is 20.5. The fraction of sp³-hybridized carbons (Fsp3) is 0.105. The van der Waals surface area contributed by atoms with E-state index in [4.69, 9.17) is 4.74 Å². The summed E-state index contributed by atoms with van der Waals surface area (Å²) in [6.07, 6.45) is 0. The lowest BCUT2D eigenvalue weighted by atomic mass is 10.2. The number of nitrogens with one attached hydrogen (secondary N) is 1. The summed E-state index contributed by atoms with van der Waals surface area (Å²) < 4.78 is 7.91. The molecule has 30 heavy (non-hydrogen) atoms. The summed E-state index contributed by atoms with van der Waals surface area (Å²) in [5.74, 6) is 0.591. The van der Waals surface area contributed by atoms with Crippen LogP contribution >= 0.6 is 39.0 Å². The maximum absolute atomic E-state index is 12.4. The Morgan fingerprint density at radius 1 is 1.23 bits per heavy atom. The number of carbonyl (C=O) groups excluding carboxylic acids is 1. The molecule has 8 nitrogen and oxygen atoms in total. The van der Waals surface area contributed by atoms with Crippen molar-refractivity contribution in [3.8, 4) is 22.7 Å². The van der Waals surface area contributed by atoms with E-state index in [9.17, 15) is 4.79 Å². The highest BCUT2D eigenvalue weighted by atomic mass is 79.9. The lowest BCUT2D eigenvalue weighted by Crippen LogP contribution is -2.14. The molecule has 0 bridgehead atoms. The number of hydrogen-bond acceptors (Lipinski definition) is 8. The minimum absolute atomic E-state index is 0.142. The summed E-state index contributed by atoms with van der Waals surface area (Å²) in [5.41, 5.74) is 2.50. The first-order valence-electron chi connectivity index (χ1n) is 8.70. The summed E-state index contributed by atoms with van der Waals surface area (Å²) in [4.78, 5) is 16.9. The van der Waals surface area contributed by atoms with Crippen molar-refractivity contribution in [1.82, 2.24) is 25.2 Å². The van der Waals surface area contributed by atoms with Gasteiger partial charge < -0.3 is 10.1 Å². The molecule has 0 aliphatic rings. The average molecular weight is 503 g/mol. The molecule has 2 heterocycles. The number of para-hydroxylation sites is 2. The van der Waals surface area contributed by atoms with E-state index in [1.807, 2.05) is 53.9 Å². The van der Waals surface area contributed by atoms with Gasteiger partial charge in [-0.1, -0.05) is 52.0 Å². The van der Waals surface area contributed by atoms with Crippen molar-refractivity contribution in [2.75, 3.05) is 18.2 Å². The quantitative estimate of drug-likeness (QED) is 0.376. The predicted molar refractivity (Wildman–Crippen MR) is 120 cm³/mol. The molecule has 1 amide bonds. The molecule has 0 aliphatic heterocycles. The number of aromatic nitrogens is 5. The van der Waals surface area contributed by atoms with Crippen molar-refractivity contribution >= 4 is 50.1 Å². The molecule has 0 fully saturated rings. The van der Waals surface area contributed by atoms with Crippen molar-refractivity contribution in [3.63, 3.8) is 0 Å². The standard InChI is InChI=1S/C19H15BrN6O2S2/c1-28-16-5-3-2-4-15(16)26-19(23-24-25-26)30-11-17(27)22-18-21-14(10-29-18)12-6-8-13(20)9-7-12/h2-10H,11H2,1H3,(H,21,22,27). The second-order valence-corrected chi connectivity index (χ2v) is 8.64. The van der Waals surface area contributed by atoms with Gasteiger partial charge in [-0.3, -0.25) is 4.79 Å². The van der Waals surface area contributed by atoms with E-state index >= 15 is 0 Å². The molecule has 2 aromatic heterocycles. The number of thiazole rings is 1. The summed E-state index contributed by atoms with van der Waals surface area (Å²) in [6.45, 7) is 0. The lowest BCUT2D eigenvalue weighted by molar-refractivity contribution is -0.113. The predicted octanol–water partition coefficient (Wildman–Crippen LogP) is 4.29. The Balaban J connectivity index is 1.40. The molecule has 152 valence electrons. The zero-order valence-electron chi connectivity index (χ0n) is 15.7. The molecular weight excluding hydrogens is 488 g/mol. The Hall–Kier alpha value is -2.76. The monoisotopic (exact) mass is 502 g/mol. The molecule has 0 aliphatic carbocycles. The maximum atomic E-state index is 12.4. The van der Waals surface area contributed by atoms with Crippen LogP contribution in [0.1, 0.15) is 0 Å². The van der Waals surface area contributed by atoms with E-state index in [0.717, 1.165) is 15.7 Å². The maximum Gasteiger partial charge on any atom is 0.236 e. The van der Waals surface area contributed by atoms with Crippen molar-refractivity contribution in [2.45, 2.75) is 5.16 Å². The Morgan fingerprint density at radius 3 is 2.83 bits per heavy atom. The number of nitrogens with zero attached hydrogens (tertiary/aromatic N) is 5. The summed E-state index contributed by atoms with van der Waals surface area (Å²) in [6, 6.07) is 15.2. The van der Waals surface area contributed by atoms with Crippen molar-refractivity contribution in [2.24, 2.45) is 0 Å². The fourth-order valence-electron chi connectivity index (χ4n) is 2.59. The summed E-state index contributed by atoms with van der Waals surface area (Å²) in [5, 5.41) is 17.5. The Labute approximate surface area is 188 Å². The lowest BCUT2D eigenvalue weighted by Gasteiger charge is -2.08. The largest absolute Gasteiger partial charge is 0.494 e. The normalized spacial score (nSPS) is 10.7. The van der Waals surface area contributed by atoms with E-state index in [-0.39, 0.29) is 11.7 Å². The van der Waals surface area contributed by atoms with Gasteiger partial charge in [-0.25, -0.2) is 4.98 Å². The number of carbonyl (C=O) groups is 1. The van der Waals surface area contributed by atoms with E-state index in [1.54, 1.807) is 11.8 Å². The van der Waals surface area contributed by atoms with Crippen LogP contribution in [-0.4, -0.2) is 44.0 Å². The van der Waals surface area contributed by atoms with Crippen LogP contribution in [0.5, 0.6) is 5.75 Å². The third-order valence-electron chi connectivity index (χ3n) is 3.98. The molecular formula is C19H15BrN6O2S2. The van der Waals surface area contributed by atoms with Crippen LogP contribution < -0.4 is 10.1 Å². The highest BCUT2D eigenvalue weighted by Crippen LogP contribution is 2.27. The van der Waals surface area contributed by atoms with Gasteiger partial charge in [0.1, 0.15) is 11.4 Å². The van der Waals surface area contributed by atoms with Crippen molar-refractivity contribution in [1.29, 1.82) is 0 Å². The molecule has 0 atom stereocenters. The highest BCUT2D eigenvalue weighted by molar-refractivity contribution is 9.10. The van der Waals surface area contributed by atoms with Gasteiger partial charge in [-0.2, -0.15) is 4.68 Å². The van der Waals surface area contributed by atoms with Crippen LogP contribution in [0.3, 0.4) is 0 Å². The van der Waals surface area contributed by atoms with Crippen LogP contribution in [0.15, 0.2) is 63.5 Å². The molecule has 2 aromatic carbocycles. The number of thioether (sulfide) groups is 1. The fourth-order valence-corrected chi connectivity index (χ4v) is 4.28. The molecule has 0 spiro atoms. The van der Waals surface area contributed by atoms with Gasteiger partial charge in [0.15, 0.2) is 5.13 Å². The number of ether oxygens (including phenoxy) is 1. The Morgan fingerprint density at radius 2 is 2.03 bits per heavy atom. The zero-order valence-corrected chi connectivity index (χ0v) is 18.9. The van der Waals surface area contributed by atoms with Gasteiger partial charge in [0.25, 0.3) is 0 Å². The number of hydrogen-bond donors (Lipinski definition) is 1. The van der Waals surface area contributed by atoms with E-state index < -0.39 is 0 Å². The van der Waals surface area contributed by atoms with E-state index in [0.29, 0.717) is 21.7 Å². The molecule has 0 saturated carbocycles. The first-order valence-corrected chi connectivity index (χ1v) is 11.4. The third kappa shape index (κ3) is 4.69. The van der Waals surface area contributed by atoms with Crippen LogP contribution in [0.2, 0.25) is 0 Å². The topological polar surface area (TPSA) is 94.8 Å². The van der Waals surface area contributed by atoms with Crippen LogP contribution in [-0.2, 0) is 4.79 Å². The molecule has 11 heteroatoms. The zero-order chi connectivity index (χ0) is 20.9. The number of tetrazole rings is 1. The number of amides is 1. The average Bonchev–Trinajstić information content (AvgIpc) is 3.42. The minimum atomic E-state index is -0.189. The molecule has 0 unspecified atom stereocenters. The number of anilines is 1. The van der Waals surface area contributed by atoms with Gasteiger partial charge in [0.2, 0.25) is 11.1 Å². The van der Waals surface area contributed by atoms with Gasteiger partial charge in [-0.05, 0) is 34.7 Å². The second kappa shape index (κ2) is 9.37. The Kier molecular flexibility index (Phi) is 6.41. The molecule has 4 rings (SSSR count). The third-order valence-corrected chi connectivity index (χ3v) is 6.18. The highest BCUT2D eigenvalue weighted by Gasteiger charge is 2.15. The van der Waals surface area contributed by atoms with Gasteiger partial charge in [-0.15, -0.1) is 16.4 Å². The SMILES string of the molecule is COc1ccccc1-n1nnnc1SCC(=O)Nc1nc(-c2ccc(Br)cc2)cs1. The molecule has 1 N–H and O–H groups in total. The summed E-state index contributed by atoms with van der Waals surface area (Å²) in [7, 11) is 1.58. The van der Waals surface area contributed by atoms with Crippen molar-refractivity contribution < 1.29 is 9.53 Å². The first-order chi connectivity index (χ1) is 14.6. The van der Waals surface area contributed by atoms with Gasteiger partial charge >= 0.3 is 0 Å². The van der Waals surface area contributed by atoms with Crippen LogP contribution in [0.4, 0.5) is 5.13 Å². The Bertz CT molecular complexity index is 1160. The van der Waals surface area contributed by atoms with Gasteiger partial charge in [0.05, 0.1) is 18.6 Å². The second-order valence-electron chi connectivity index (χ2n) is 5.93. The number of benzene rings is 2. The van der Waals surface area contributed by atoms with E-state index in [2.05, 4.69) is 41.8 Å². The van der Waals surface area contributed by atoms with Crippen molar-refractivity contribution in [3.05, 3.63) is 58.4 Å². The number of halogens is 1. The van der Waals surface area contributed by atoms with Crippen LogP contribution in [0.25, 0.3) is 16.9 Å². The van der Waals surface area contributed by atoms with Gasteiger partial charge in [0, 0.05) is 15.4 Å². The van der Waals surface area contributed by atoms with E-state index in [1.165, 1.54) is 23.1 Å². The smallest absolute Gasteiger partial charge is 0.236 e. The number of rotatable bonds is 7. The van der Waals surface area contributed by atoms with Crippen LogP contribution in [0, 0.1) is 0 Å². The molecule has 0 saturated heterocycles.